The van der Waals surface area contributed by atoms with Gasteiger partial charge in [0.25, 0.3) is 0 Å². The molecule has 3 nitrogen and oxygen atoms in total. The number of nitrogens with zero attached hydrogens (tertiary/aromatic N) is 1. The number of ether oxygens (including phenoxy) is 1. The van der Waals surface area contributed by atoms with E-state index in [0.29, 0.717) is 12.0 Å². The van der Waals surface area contributed by atoms with E-state index in [4.69, 9.17) is 17.0 Å². The molecular weight excluding hydrogens is 244 g/mol. The minimum atomic E-state index is 0.526. The van der Waals surface area contributed by atoms with Gasteiger partial charge < -0.3 is 14.3 Å². The Morgan fingerprint density at radius 2 is 2.22 bits per heavy atom. The molecule has 1 aliphatic rings. The van der Waals surface area contributed by atoms with Crippen molar-refractivity contribution in [3.63, 3.8) is 0 Å². The number of H-pyrrole nitrogens is 1. The number of aromatic nitrogens is 2. The van der Waals surface area contributed by atoms with Gasteiger partial charge in [-0.05, 0) is 43.1 Å². The van der Waals surface area contributed by atoms with Crippen LogP contribution in [0.15, 0.2) is 18.2 Å². The van der Waals surface area contributed by atoms with Crippen LogP contribution in [0.4, 0.5) is 0 Å². The molecule has 2 atom stereocenters. The Kier molecular flexibility index (Phi) is 2.90. The molecular formula is C14H18N2OS. The van der Waals surface area contributed by atoms with Gasteiger partial charge in [0.1, 0.15) is 5.75 Å². The molecule has 1 aliphatic carbocycles. The Hall–Kier alpha value is -1.29. The summed E-state index contributed by atoms with van der Waals surface area (Å²) in [5.41, 5.74) is 2.26. The number of imidazole rings is 1. The molecule has 0 amide bonds. The predicted octanol–water partition coefficient (Wildman–Crippen LogP) is 4.07. The third kappa shape index (κ3) is 1.75. The SMILES string of the molecule is COc1ccc2[nH]c(=S)n(C3CCCC3C)c2c1. The zero-order valence-electron chi connectivity index (χ0n) is 10.8. The summed E-state index contributed by atoms with van der Waals surface area (Å²) in [4.78, 5) is 3.30. The van der Waals surface area contributed by atoms with Gasteiger partial charge in [0.05, 0.1) is 18.1 Å². The number of methoxy groups -OCH3 is 1. The number of aromatic amines is 1. The molecule has 1 aromatic heterocycles. The van der Waals surface area contributed by atoms with E-state index in [0.717, 1.165) is 21.6 Å². The van der Waals surface area contributed by atoms with Crippen LogP contribution < -0.4 is 4.74 Å². The Balaban J connectivity index is 2.20. The topological polar surface area (TPSA) is 29.9 Å². The van der Waals surface area contributed by atoms with Gasteiger partial charge in [0.2, 0.25) is 0 Å². The molecule has 3 rings (SSSR count). The van der Waals surface area contributed by atoms with E-state index in [2.05, 4.69) is 22.5 Å². The standard InChI is InChI=1S/C14H18N2OS/c1-9-4-3-5-12(9)16-13-8-10(17-2)6-7-11(13)15-14(16)18/h6-9,12H,3-5H2,1-2H3,(H,15,18). The lowest BCUT2D eigenvalue weighted by Gasteiger charge is -2.18. The number of hydrogen-bond donors (Lipinski definition) is 1. The van der Waals surface area contributed by atoms with E-state index in [-0.39, 0.29) is 0 Å². The van der Waals surface area contributed by atoms with E-state index in [1.165, 1.54) is 19.3 Å². The van der Waals surface area contributed by atoms with E-state index < -0.39 is 0 Å². The first-order chi connectivity index (χ1) is 8.70. The first kappa shape index (κ1) is 11.8. The molecule has 0 spiro atoms. The van der Waals surface area contributed by atoms with Crippen molar-refractivity contribution >= 4 is 23.3 Å². The average molecular weight is 262 g/mol. The van der Waals surface area contributed by atoms with Gasteiger partial charge in [-0.3, -0.25) is 0 Å². The number of rotatable bonds is 2. The van der Waals surface area contributed by atoms with Crippen LogP contribution in [-0.2, 0) is 0 Å². The van der Waals surface area contributed by atoms with Gasteiger partial charge in [-0.1, -0.05) is 13.3 Å². The van der Waals surface area contributed by atoms with Gasteiger partial charge >= 0.3 is 0 Å². The van der Waals surface area contributed by atoms with Gasteiger partial charge in [-0.2, -0.15) is 0 Å². The fourth-order valence-electron chi connectivity index (χ4n) is 3.07. The first-order valence-electron chi connectivity index (χ1n) is 6.49. The molecule has 0 aliphatic heterocycles. The van der Waals surface area contributed by atoms with Crippen molar-refractivity contribution in [1.82, 2.24) is 9.55 Å². The lowest BCUT2D eigenvalue weighted by molar-refractivity contribution is 0.407. The normalized spacial score (nSPS) is 23.7. The van der Waals surface area contributed by atoms with Crippen molar-refractivity contribution in [3.05, 3.63) is 23.0 Å². The Morgan fingerprint density at radius 1 is 1.39 bits per heavy atom. The zero-order valence-corrected chi connectivity index (χ0v) is 11.6. The van der Waals surface area contributed by atoms with Gasteiger partial charge in [-0.25, -0.2) is 0 Å². The van der Waals surface area contributed by atoms with Crippen molar-refractivity contribution in [2.24, 2.45) is 5.92 Å². The van der Waals surface area contributed by atoms with Crippen LogP contribution in [0.5, 0.6) is 5.75 Å². The second-order valence-corrected chi connectivity index (χ2v) is 5.55. The predicted molar refractivity (Wildman–Crippen MR) is 75.7 cm³/mol. The van der Waals surface area contributed by atoms with Crippen LogP contribution in [0, 0.1) is 10.7 Å². The van der Waals surface area contributed by atoms with Crippen LogP contribution in [0.2, 0.25) is 0 Å². The second-order valence-electron chi connectivity index (χ2n) is 5.16. The second kappa shape index (κ2) is 4.43. The molecule has 4 heteroatoms. The Bertz CT molecular complexity index is 628. The molecule has 2 unspecified atom stereocenters. The van der Waals surface area contributed by atoms with Crippen LogP contribution in [-0.4, -0.2) is 16.7 Å². The number of nitrogens with one attached hydrogen (secondary N) is 1. The number of hydrogen-bond acceptors (Lipinski definition) is 2. The lowest BCUT2D eigenvalue weighted by atomic mass is 10.1. The van der Waals surface area contributed by atoms with Crippen molar-refractivity contribution in [2.45, 2.75) is 32.2 Å². The maximum Gasteiger partial charge on any atom is 0.178 e. The van der Waals surface area contributed by atoms with Crippen molar-refractivity contribution in [3.8, 4) is 5.75 Å². The van der Waals surface area contributed by atoms with Crippen LogP contribution in [0.3, 0.4) is 0 Å². The maximum absolute atomic E-state index is 5.49. The molecule has 0 bridgehead atoms. The fourth-order valence-corrected chi connectivity index (χ4v) is 3.41. The Labute approximate surface area is 112 Å². The molecule has 1 saturated carbocycles. The fraction of sp³-hybridized carbons (Fsp3) is 0.500. The summed E-state index contributed by atoms with van der Waals surface area (Å²) in [7, 11) is 1.70. The van der Waals surface area contributed by atoms with Crippen molar-refractivity contribution in [2.75, 3.05) is 7.11 Å². The minimum absolute atomic E-state index is 0.526. The van der Waals surface area contributed by atoms with Gasteiger partial charge in [-0.15, -0.1) is 0 Å². The monoisotopic (exact) mass is 262 g/mol. The largest absolute Gasteiger partial charge is 0.497 e. The average Bonchev–Trinajstić information content (AvgIpc) is 2.90. The molecule has 96 valence electrons. The first-order valence-corrected chi connectivity index (χ1v) is 6.90. The summed E-state index contributed by atoms with van der Waals surface area (Å²) in [6.45, 7) is 2.32. The van der Waals surface area contributed by atoms with E-state index in [9.17, 15) is 0 Å². The Morgan fingerprint density at radius 3 is 2.89 bits per heavy atom. The third-order valence-corrected chi connectivity index (χ3v) is 4.37. The summed E-state index contributed by atoms with van der Waals surface area (Å²) in [5.74, 6) is 1.58. The molecule has 1 aromatic carbocycles. The molecule has 1 heterocycles. The van der Waals surface area contributed by atoms with E-state index in [1.807, 2.05) is 12.1 Å². The van der Waals surface area contributed by atoms with E-state index in [1.54, 1.807) is 7.11 Å². The molecule has 18 heavy (non-hydrogen) atoms. The minimum Gasteiger partial charge on any atom is -0.497 e. The summed E-state index contributed by atoms with van der Waals surface area (Å²) in [5, 5.41) is 0. The van der Waals surface area contributed by atoms with Crippen molar-refractivity contribution < 1.29 is 4.74 Å². The van der Waals surface area contributed by atoms with Crippen molar-refractivity contribution in [1.29, 1.82) is 0 Å². The van der Waals surface area contributed by atoms with E-state index >= 15 is 0 Å². The molecule has 0 radical (unpaired) electrons. The smallest absolute Gasteiger partial charge is 0.178 e. The van der Waals surface area contributed by atoms with Gasteiger partial charge in [0, 0.05) is 12.1 Å². The number of fused-ring (bicyclic) bond motifs is 1. The van der Waals surface area contributed by atoms with Crippen LogP contribution in [0.1, 0.15) is 32.2 Å². The van der Waals surface area contributed by atoms with Crippen LogP contribution in [0.25, 0.3) is 11.0 Å². The zero-order chi connectivity index (χ0) is 12.7. The highest BCUT2D eigenvalue weighted by Crippen LogP contribution is 2.38. The highest BCUT2D eigenvalue weighted by atomic mass is 32.1. The summed E-state index contributed by atoms with van der Waals surface area (Å²) in [6.07, 6.45) is 3.81. The summed E-state index contributed by atoms with van der Waals surface area (Å²) >= 11 is 5.49. The molecule has 0 saturated heterocycles. The molecule has 2 aromatic rings. The lowest BCUT2D eigenvalue weighted by Crippen LogP contribution is -2.11. The third-order valence-electron chi connectivity index (χ3n) is 4.07. The maximum atomic E-state index is 5.49. The highest BCUT2D eigenvalue weighted by Gasteiger charge is 2.26. The highest BCUT2D eigenvalue weighted by molar-refractivity contribution is 7.71. The molecule has 1 fully saturated rings. The summed E-state index contributed by atoms with van der Waals surface area (Å²) in [6, 6.07) is 6.61. The quantitative estimate of drug-likeness (QED) is 0.827. The van der Waals surface area contributed by atoms with Crippen LogP contribution >= 0.6 is 12.2 Å². The number of benzene rings is 1. The molecule has 1 N–H and O–H groups in total. The van der Waals surface area contributed by atoms with Gasteiger partial charge in [0.15, 0.2) is 4.77 Å². The summed E-state index contributed by atoms with van der Waals surface area (Å²) < 4.78 is 8.43.